The molecule has 0 bridgehead atoms. The summed E-state index contributed by atoms with van der Waals surface area (Å²) < 4.78 is 5.32. The summed E-state index contributed by atoms with van der Waals surface area (Å²) in [4.78, 5) is 9.40. The van der Waals surface area contributed by atoms with Crippen LogP contribution in [-0.2, 0) is 0 Å². The van der Waals surface area contributed by atoms with E-state index in [1.165, 1.54) is 5.69 Å². The van der Waals surface area contributed by atoms with Gasteiger partial charge < -0.3 is 9.64 Å². The van der Waals surface area contributed by atoms with Crippen molar-refractivity contribution in [2.75, 3.05) is 38.2 Å². The van der Waals surface area contributed by atoms with Crippen molar-refractivity contribution in [1.82, 2.24) is 9.88 Å². The van der Waals surface area contributed by atoms with Gasteiger partial charge in [-0.15, -0.1) is 0 Å². The first-order chi connectivity index (χ1) is 10.8. The molecular formula is C18H23N3O. The molecule has 0 aliphatic carbocycles. The Morgan fingerprint density at radius 3 is 2.55 bits per heavy atom. The summed E-state index contributed by atoms with van der Waals surface area (Å²) in [5.41, 5.74) is 2.39. The minimum Gasteiger partial charge on any atom is -0.497 e. The van der Waals surface area contributed by atoms with Crippen LogP contribution in [0.2, 0.25) is 0 Å². The van der Waals surface area contributed by atoms with Gasteiger partial charge in [0.2, 0.25) is 0 Å². The normalized spacial score (nSPS) is 17.3. The molecule has 1 aliphatic rings. The molecule has 0 radical (unpaired) electrons. The van der Waals surface area contributed by atoms with E-state index in [-0.39, 0.29) is 0 Å². The second kappa shape index (κ2) is 6.79. The van der Waals surface area contributed by atoms with E-state index >= 15 is 0 Å². The second-order valence-electron chi connectivity index (χ2n) is 5.66. The smallest absolute Gasteiger partial charge is 0.120 e. The molecule has 1 unspecified atom stereocenters. The molecule has 3 rings (SSSR count). The third kappa shape index (κ3) is 3.22. The number of benzene rings is 1. The van der Waals surface area contributed by atoms with Crippen molar-refractivity contribution in [3.63, 3.8) is 0 Å². The monoisotopic (exact) mass is 297 g/mol. The molecular weight excluding hydrogens is 274 g/mol. The number of ether oxygens (including phenoxy) is 1. The maximum atomic E-state index is 5.32. The van der Waals surface area contributed by atoms with E-state index in [0.29, 0.717) is 6.04 Å². The lowest BCUT2D eigenvalue weighted by Gasteiger charge is -2.39. The van der Waals surface area contributed by atoms with Crippen molar-refractivity contribution in [1.29, 1.82) is 0 Å². The molecule has 1 aliphatic heterocycles. The average molecular weight is 297 g/mol. The minimum absolute atomic E-state index is 0.369. The van der Waals surface area contributed by atoms with Gasteiger partial charge in [-0.05, 0) is 31.2 Å². The zero-order valence-electron chi connectivity index (χ0n) is 13.3. The van der Waals surface area contributed by atoms with Crippen LogP contribution in [0.5, 0.6) is 5.75 Å². The van der Waals surface area contributed by atoms with Gasteiger partial charge in [-0.25, -0.2) is 0 Å². The highest BCUT2D eigenvalue weighted by Gasteiger charge is 2.22. The number of methoxy groups -OCH3 is 1. The van der Waals surface area contributed by atoms with Gasteiger partial charge in [0.25, 0.3) is 0 Å². The van der Waals surface area contributed by atoms with Crippen LogP contribution in [0.1, 0.15) is 18.7 Å². The van der Waals surface area contributed by atoms with Crippen LogP contribution >= 0.6 is 0 Å². The lowest BCUT2D eigenvalue weighted by atomic mass is 10.1. The molecule has 0 saturated carbocycles. The molecule has 116 valence electrons. The summed E-state index contributed by atoms with van der Waals surface area (Å²) in [5.74, 6) is 0.918. The average Bonchev–Trinajstić information content (AvgIpc) is 2.62. The minimum atomic E-state index is 0.369. The Hall–Kier alpha value is -2.07. The molecule has 4 heteroatoms. The Labute approximate surface area is 132 Å². The van der Waals surface area contributed by atoms with E-state index in [1.807, 2.05) is 18.3 Å². The molecule has 4 nitrogen and oxygen atoms in total. The summed E-state index contributed by atoms with van der Waals surface area (Å²) in [6.45, 7) is 6.40. The van der Waals surface area contributed by atoms with Gasteiger partial charge in [0.15, 0.2) is 0 Å². The van der Waals surface area contributed by atoms with E-state index in [2.05, 4.69) is 52.0 Å². The quantitative estimate of drug-likeness (QED) is 0.867. The van der Waals surface area contributed by atoms with Crippen LogP contribution in [0.3, 0.4) is 0 Å². The van der Waals surface area contributed by atoms with Gasteiger partial charge in [0, 0.05) is 50.2 Å². The predicted octanol–water partition coefficient (Wildman–Crippen LogP) is 2.97. The Kier molecular flexibility index (Phi) is 4.59. The van der Waals surface area contributed by atoms with E-state index in [1.54, 1.807) is 7.11 Å². The zero-order valence-corrected chi connectivity index (χ0v) is 13.3. The van der Waals surface area contributed by atoms with E-state index in [9.17, 15) is 0 Å². The summed E-state index contributed by atoms with van der Waals surface area (Å²) in [6, 6.07) is 14.8. The van der Waals surface area contributed by atoms with Gasteiger partial charge in [0.05, 0.1) is 12.8 Å². The number of nitrogens with zero attached hydrogens (tertiary/aromatic N) is 3. The fraction of sp³-hybridized carbons (Fsp3) is 0.389. The number of pyridine rings is 1. The molecule has 2 heterocycles. The molecule has 0 amide bonds. The third-order valence-corrected chi connectivity index (χ3v) is 4.40. The van der Waals surface area contributed by atoms with Crippen molar-refractivity contribution in [3.8, 4) is 5.75 Å². The molecule has 0 spiro atoms. The van der Waals surface area contributed by atoms with Crippen molar-refractivity contribution >= 4 is 5.69 Å². The second-order valence-corrected chi connectivity index (χ2v) is 5.66. The van der Waals surface area contributed by atoms with Crippen LogP contribution < -0.4 is 9.64 Å². The predicted molar refractivity (Wildman–Crippen MR) is 89.4 cm³/mol. The van der Waals surface area contributed by atoms with Gasteiger partial charge >= 0.3 is 0 Å². The molecule has 1 aromatic heterocycles. The molecule has 0 N–H and O–H groups in total. The van der Waals surface area contributed by atoms with Gasteiger partial charge in [0.1, 0.15) is 5.75 Å². The number of rotatable bonds is 4. The highest BCUT2D eigenvalue weighted by Crippen LogP contribution is 2.25. The van der Waals surface area contributed by atoms with Crippen molar-refractivity contribution < 1.29 is 4.74 Å². The summed E-state index contributed by atoms with van der Waals surface area (Å²) in [6.07, 6.45) is 1.87. The van der Waals surface area contributed by atoms with E-state index in [4.69, 9.17) is 4.74 Å². The first-order valence-electron chi connectivity index (χ1n) is 7.82. The molecule has 22 heavy (non-hydrogen) atoms. The molecule has 1 saturated heterocycles. The topological polar surface area (TPSA) is 28.6 Å². The SMILES string of the molecule is COc1cccc(N2CCN(C(C)c3ccccn3)CC2)c1. The fourth-order valence-electron chi connectivity index (χ4n) is 2.98. The van der Waals surface area contributed by atoms with E-state index < -0.39 is 0 Å². The van der Waals surface area contributed by atoms with Crippen molar-refractivity contribution in [3.05, 3.63) is 54.4 Å². The molecule has 1 atom stereocenters. The number of hydrogen-bond donors (Lipinski definition) is 0. The van der Waals surface area contributed by atoms with Crippen LogP contribution in [0.4, 0.5) is 5.69 Å². The summed E-state index contributed by atoms with van der Waals surface area (Å²) in [7, 11) is 1.71. The first-order valence-corrected chi connectivity index (χ1v) is 7.82. The van der Waals surface area contributed by atoms with Crippen molar-refractivity contribution in [2.45, 2.75) is 13.0 Å². The lowest BCUT2D eigenvalue weighted by Crippen LogP contribution is -2.47. The van der Waals surface area contributed by atoms with Crippen molar-refractivity contribution in [2.24, 2.45) is 0 Å². The molecule has 1 fully saturated rings. The highest BCUT2D eigenvalue weighted by atomic mass is 16.5. The van der Waals surface area contributed by atoms with Crippen LogP contribution in [0, 0.1) is 0 Å². The largest absolute Gasteiger partial charge is 0.497 e. The highest BCUT2D eigenvalue weighted by molar-refractivity contribution is 5.51. The maximum Gasteiger partial charge on any atom is 0.120 e. The summed E-state index contributed by atoms with van der Waals surface area (Å²) in [5, 5.41) is 0. The lowest BCUT2D eigenvalue weighted by molar-refractivity contribution is 0.195. The van der Waals surface area contributed by atoms with E-state index in [0.717, 1.165) is 37.6 Å². The Bertz CT molecular complexity index is 594. The van der Waals surface area contributed by atoms with Gasteiger partial charge in [-0.2, -0.15) is 0 Å². The summed E-state index contributed by atoms with van der Waals surface area (Å²) >= 11 is 0. The number of hydrogen-bond acceptors (Lipinski definition) is 4. The Morgan fingerprint density at radius 1 is 1.05 bits per heavy atom. The Balaban J connectivity index is 1.62. The zero-order chi connectivity index (χ0) is 15.4. The fourth-order valence-corrected chi connectivity index (χ4v) is 2.98. The Morgan fingerprint density at radius 2 is 1.86 bits per heavy atom. The maximum absolute atomic E-state index is 5.32. The number of piperazine rings is 1. The van der Waals surface area contributed by atoms with Crippen LogP contribution in [0.15, 0.2) is 48.7 Å². The molecule has 1 aromatic carbocycles. The first kappa shape index (κ1) is 14.9. The molecule has 2 aromatic rings. The van der Waals surface area contributed by atoms with Gasteiger partial charge in [-0.1, -0.05) is 12.1 Å². The number of anilines is 1. The standard InChI is InChI=1S/C18H23N3O/c1-15(18-8-3-4-9-19-18)20-10-12-21(13-11-20)16-6-5-7-17(14-16)22-2/h3-9,14-15H,10-13H2,1-2H3. The third-order valence-electron chi connectivity index (χ3n) is 4.40. The van der Waals surface area contributed by atoms with Crippen LogP contribution in [-0.4, -0.2) is 43.2 Å². The van der Waals surface area contributed by atoms with Crippen LogP contribution in [0.25, 0.3) is 0 Å². The number of aromatic nitrogens is 1. The van der Waals surface area contributed by atoms with Gasteiger partial charge in [-0.3, -0.25) is 9.88 Å².